The van der Waals surface area contributed by atoms with Crippen molar-refractivity contribution in [3.8, 4) is 0 Å². The van der Waals surface area contributed by atoms with Gasteiger partial charge in [0.1, 0.15) is 12.6 Å². The second-order valence-corrected chi connectivity index (χ2v) is 5.09. The van der Waals surface area contributed by atoms with E-state index in [1.165, 1.54) is 19.1 Å². The average molecular weight is 333 g/mol. The van der Waals surface area contributed by atoms with Crippen LogP contribution in [0.5, 0.6) is 0 Å². The first-order valence-electron chi connectivity index (χ1n) is 7.06. The van der Waals surface area contributed by atoms with Gasteiger partial charge in [0, 0.05) is 0 Å². The van der Waals surface area contributed by atoms with E-state index in [2.05, 4.69) is 10.6 Å². The quantitative estimate of drug-likeness (QED) is 0.571. The summed E-state index contributed by atoms with van der Waals surface area (Å²) in [7, 11) is 0. The van der Waals surface area contributed by atoms with E-state index in [0.717, 1.165) is 4.90 Å². The number of nitrogens with one attached hydrogen (secondary N) is 2. The Kier molecular flexibility index (Phi) is 4.93. The number of benzene rings is 1. The molecule has 9 nitrogen and oxygen atoms in total. The lowest BCUT2D eigenvalue weighted by Crippen LogP contribution is -2.50. The molecule has 0 bridgehead atoms. The van der Waals surface area contributed by atoms with Crippen molar-refractivity contribution < 1.29 is 29.1 Å². The number of carboxylic acids is 1. The molecular weight excluding hydrogens is 318 g/mol. The topological polar surface area (TPSA) is 133 Å². The summed E-state index contributed by atoms with van der Waals surface area (Å²) in [5.74, 6) is -3.76. The van der Waals surface area contributed by atoms with Crippen LogP contribution in [0.1, 0.15) is 27.6 Å². The minimum absolute atomic E-state index is 0.223. The summed E-state index contributed by atoms with van der Waals surface area (Å²) in [6.45, 7) is 0.342. The zero-order valence-corrected chi connectivity index (χ0v) is 12.7. The second kappa shape index (κ2) is 6.90. The van der Waals surface area contributed by atoms with Crippen LogP contribution in [0, 0.1) is 0 Å². The summed E-state index contributed by atoms with van der Waals surface area (Å²) < 4.78 is 0. The number of hydrogen-bond donors (Lipinski definition) is 3. The van der Waals surface area contributed by atoms with Gasteiger partial charge in [-0.2, -0.15) is 0 Å². The molecule has 1 aliphatic heterocycles. The Morgan fingerprint density at radius 1 is 1.04 bits per heavy atom. The molecule has 1 aromatic carbocycles. The van der Waals surface area contributed by atoms with Gasteiger partial charge in [-0.05, 0) is 19.1 Å². The Balaban J connectivity index is 1.97. The van der Waals surface area contributed by atoms with Crippen molar-refractivity contribution in [3.05, 3.63) is 35.4 Å². The fraction of sp³-hybridized carbons (Fsp3) is 0.267. The third-order valence-electron chi connectivity index (χ3n) is 3.45. The van der Waals surface area contributed by atoms with Crippen LogP contribution < -0.4 is 10.6 Å². The molecule has 0 saturated heterocycles. The molecule has 0 aromatic heterocycles. The van der Waals surface area contributed by atoms with Crippen molar-refractivity contribution >= 4 is 29.6 Å². The van der Waals surface area contributed by atoms with E-state index in [-0.39, 0.29) is 11.1 Å². The number of carboxylic acid groups (broad SMARTS) is 1. The van der Waals surface area contributed by atoms with Gasteiger partial charge in [0.2, 0.25) is 11.8 Å². The molecule has 1 unspecified atom stereocenters. The van der Waals surface area contributed by atoms with Crippen molar-refractivity contribution in [3.63, 3.8) is 0 Å². The number of rotatable bonds is 6. The Bertz CT molecular complexity index is 695. The predicted molar refractivity (Wildman–Crippen MR) is 80.1 cm³/mol. The van der Waals surface area contributed by atoms with Crippen molar-refractivity contribution in [2.75, 3.05) is 13.1 Å². The number of amides is 4. The van der Waals surface area contributed by atoms with E-state index >= 15 is 0 Å². The maximum atomic E-state index is 12.2. The van der Waals surface area contributed by atoms with E-state index in [1.807, 2.05) is 0 Å². The zero-order chi connectivity index (χ0) is 17.9. The molecule has 1 heterocycles. The number of carbonyl (C=O) groups excluding carboxylic acids is 4. The van der Waals surface area contributed by atoms with Crippen molar-refractivity contribution in [2.45, 2.75) is 13.0 Å². The molecule has 1 aliphatic rings. The largest absolute Gasteiger partial charge is 0.480 e. The van der Waals surface area contributed by atoms with Gasteiger partial charge in [0.05, 0.1) is 17.7 Å². The van der Waals surface area contributed by atoms with Crippen LogP contribution in [0.4, 0.5) is 0 Å². The van der Waals surface area contributed by atoms with E-state index in [0.29, 0.717) is 0 Å². The van der Waals surface area contributed by atoms with Crippen LogP contribution >= 0.6 is 0 Å². The smallest absolute Gasteiger partial charge is 0.322 e. The van der Waals surface area contributed by atoms with Gasteiger partial charge in [-0.3, -0.25) is 28.9 Å². The number of aliphatic carboxylic acids is 1. The minimum atomic E-state index is -1.21. The van der Waals surface area contributed by atoms with Gasteiger partial charge >= 0.3 is 5.97 Å². The third kappa shape index (κ3) is 3.40. The summed E-state index contributed by atoms with van der Waals surface area (Å²) in [5.41, 5.74) is 0.447. The lowest BCUT2D eigenvalue weighted by atomic mass is 10.1. The molecule has 126 valence electrons. The van der Waals surface area contributed by atoms with Gasteiger partial charge in [0.25, 0.3) is 11.8 Å². The van der Waals surface area contributed by atoms with Crippen LogP contribution in [0.25, 0.3) is 0 Å². The highest BCUT2D eigenvalue weighted by Gasteiger charge is 2.40. The highest BCUT2D eigenvalue weighted by atomic mass is 16.4. The summed E-state index contributed by atoms with van der Waals surface area (Å²) in [4.78, 5) is 59.1. The number of carbonyl (C=O) groups is 5. The highest BCUT2D eigenvalue weighted by molar-refractivity contribution is 6.22. The fourth-order valence-electron chi connectivity index (χ4n) is 2.23. The van der Waals surface area contributed by atoms with Crippen LogP contribution in [-0.4, -0.2) is 58.7 Å². The van der Waals surface area contributed by atoms with E-state index < -0.39 is 48.7 Å². The summed E-state index contributed by atoms with van der Waals surface area (Å²) >= 11 is 0. The third-order valence-corrected chi connectivity index (χ3v) is 3.45. The molecule has 1 atom stereocenters. The average Bonchev–Trinajstić information content (AvgIpc) is 2.81. The van der Waals surface area contributed by atoms with Crippen LogP contribution in [-0.2, 0) is 14.4 Å². The van der Waals surface area contributed by atoms with Crippen molar-refractivity contribution in [1.29, 1.82) is 0 Å². The van der Waals surface area contributed by atoms with E-state index in [4.69, 9.17) is 5.11 Å². The lowest BCUT2D eigenvalue weighted by molar-refractivity contribution is -0.137. The summed E-state index contributed by atoms with van der Waals surface area (Å²) in [6, 6.07) is 5.12. The molecule has 0 aliphatic carbocycles. The number of nitrogens with zero attached hydrogens (tertiary/aromatic N) is 1. The molecular formula is C15H15N3O6. The van der Waals surface area contributed by atoms with Gasteiger partial charge in [-0.15, -0.1) is 0 Å². The molecule has 0 radical (unpaired) electrons. The molecule has 4 amide bonds. The molecule has 0 fully saturated rings. The highest BCUT2D eigenvalue weighted by Crippen LogP contribution is 2.24. The first-order valence-corrected chi connectivity index (χ1v) is 7.06. The lowest BCUT2D eigenvalue weighted by Gasteiger charge is -2.21. The van der Waals surface area contributed by atoms with Crippen LogP contribution in [0.15, 0.2) is 24.3 Å². The monoisotopic (exact) mass is 333 g/mol. The molecule has 0 spiro atoms. The summed E-state index contributed by atoms with van der Waals surface area (Å²) in [5, 5.41) is 12.8. The van der Waals surface area contributed by atoms with Gasteiger partial charge in [-0.1, -0.05) is 12.1 Å². The molecule has 9 heteroatoms. The van der Waals surface area contributed by atoms with Crippen LogP contribution in [0.2, 0.25) is 0 Å². The van der Waals surface area contributed by atoms with Crippen molar-refractivity contribution in [2.24, 2.45) is 0 Å². The normalized spacial score (nSPS) is 14.1. The summed E-state index contributed by atoms with van der Waals surface area (Å²) in [6.07, 6.45) is 0. The number of fused-ring (bicyclic) bond motifs is 1. The Labute approximate surface area is 136 Å². The first-order chi connectivity index (χ1) is 11.3. The molecule has 1 aromatic rings. The first kappa shape index (κ1) is 17.1. The van der Waals surface area contributed by atoms with Gasteiger partial charge in [0.15, 0.2) is 0 Å². The predicted octanol–water partition coefficient (Wildman–Crippen LogP) is -1.01. The number of imide groups is 1. The van der Waals surface area contributed by atoms with E-state index in [9.17, 15) is 24.0 Å². The molecule has 3 N–H and O–H groups in total. The Morgan fingerprint density at radius 2 is 1.58 bits per heavy atom. The van der Waals surface area contributed by atoms with Crippen LogP contribution in [0.3, 0.4) is 0 Å². The Hall–Kier alpha value is -3.23. The molecule has 0 saturated carbocycles. The maximum absolute atomic E-state index is 12.2. The zero-order valence-electron chi connectivity index (χ0n) is 12.7. The van der Waals surface area contributed by atoms with E-state index in [1.54, 1.807) is 12.1 Å². The fourth-order valence-corrected chi connectivity index (χ4v) is 2.23. The van der Waals surface area contributed by atoms with Crippen molar-refractivity contribution in [1.82, 2.24) is 15.5 Å². The standard InChI is InChI=1S/C15H15N3O6/c1-8(13(22)17-6-11(19)16-7-12(20)21)18-14(23)9-4-2-3-5-10(9)15(18)24/h2-5,8H,6-7H2,1H3,(H,16,19)(H,17,22)(H,20,21). The second-order valence-electron chi connectivity index (χ2n) is 5.09. The number of hydrogen-bond acceptors (Lipinski definition) is 5. The maximum Gasteiger partial charge on any atom is 0.322 e. The SMILES string of the molecule is CC(C(=O)NCC(=O)NCC(=O)O)N1C(=O)c2ccccc2C1=O. The van der Waals surface area contributed by atoms with Gasteiger partial charge < -0.3 is 15.7 Å². The minimum Gasteiger partial charge on any atom is -0.480 e. The Morgan fingerprint density at radius 3 is 2.08 bits per heavy atom. The molecule has 24 heavy (non-hydrogen) atoms. The molecule has 2 rings (SSSR count). The van der Waals surface area contributed by atoms with Gasteiger partial charge in [-0.25, -0.2) is 0 Å².